The quantitative estimate of drug-likeness (QED) is 0.814. The van der Waals surface area contributed by atoms with Crippen LogP contribution < -0.4 is 5.32 Å². The van der Waals surface area contributed by atoms with Crippen LogP contribution in [0, 0.1) is 0 Å². The molecule has 0 aromatic carbocycles. The summed E-state index contributed by atoms with van der Waals surface area (Å²) in [6.45, 7) is 9.59. The van der Waals surface area contributed by atoms with E-state index >= 15 is 0 Å². The molecule has 2 rings (SSSR count). The van der Waals surface area contributed by atoms with Crippen LogP contribution in [0.15, 0.2) is 0 Å². The number of piperidine rings is 1. The summed E-state index contributed by atoms with van der Waals surface area (Å²) < 4.78 is 0. The van der Waals surface area contributed by atoms with Crippen LogP contribution in [0.4, 0.5) is 0 Å². The molecule has 0 aromatic rings. The van der Waals surface area contributed by atoms with Gasteiger partial charge in [0.1, 0.15) is 0 Å². The van der Waals surface area contributed by atoms with Crippen molar-refractivity contribution in [1.29, 1.82) is 0 Å². The Balaban J connectivity index is 1.80. The van der Waals surface area contributed by atoms with Gasteiger partial charge in [0.15, 0.2) is 0 Å². The Labute approximate surface area is 111 Å². The monoisotopic (exact) mass is 253 g/mol. The summed E-state index contributed by atoms with van der Waals surface area (Å²) >= 11 is 0. The highest BCUT2D eigenvalue weighted by molar-refractivity contribution is 5.82. The summed E-state index contributed by atoms with van der Waals surface area (Å²) in [5.74, 6) is 0.338. The van der Waals surface area contributed by atoms with E-state index in [9.17, 15) is 4.79 Å². The minimum atomic E-state index is 0.106. The predicted molar refractivity (Wildman–Crippen MR) is 73.5 cm³/mol. The normalized spacial score (nSPS) is 25.9. The molecule has 2 saturated heterocycles. The third-order valence-corrected chi connectivity index (χ3v) is 4.46. The maximum absolute atomic E-state index is 12.3. The van der Waals surface area contributed by atoms with Gasteiger partial charge in [-0.25, -0.2) is 0 Å². The standard InChI is InChI=1S/C14H27N3O/c1-3-16(4-2)12-7-10-17(11-8-12)14(18)13-6-5-9-15-13/h12-13,15H,3-11H2,1-2H3. The molecule has 18 heavy (non-hydrogen) atoms. The summed E-state index contributed by atoms with van der Waals surface area (Å²) in [6.07, 6.45) is 4.45. The predicted octanol–water partition coefficient (Wildman–Crippen LogP) is 1.07. The lowest BCUT2D eigenvalue weighted by atomic mass is 10.0. The summed E-state index contributed by atoms with van der Waals surface area (Å²) in [6, 6.07) is 0.788. The van der Waals surface area contributed by atoms with Crippen LogP contribution in [0.1, 0.15) is 39.5 Å². The van der Waals surface area contributed by atoms with E-state index in [1.807, 2.05) is 0 Å². The first-order chi connectivity index (χ1) is 8.76. The van der Waals surface area contributed by atoms with Crippen molar-refractivity contribution in [1.82, 2.24) is 15.1 Å². The lowest BCUT2D eigenvalue weighted by Gasteiger charge is -2.38. The molecule has 1 N–H and O–H groups in total. The fourth-order valence-corrected chi connectivity index (χ4v) is 3.31. The molecule has 2 heterocycles. The summed E-state index contributed by atoms with van der Waals surface area (Å²) in [7, 11) is 0. The van der Waals surface area contributed by atoms with Gasteiger partial charge in [-0.1, -0.05) is 13.8 Å². The second-order valence-corrected chi connectivity index (χ2v) is 5.43. The highest BCUT2D eigenvalue weighted by Crippen LogP contribution is 2.18. The van der Waals surface area contributed by atoms with Crippen LogP contribution in [0.5, 0.6) is 0 Å². The van der Waals surface area contributed by atoms with Gasteiger partial charge < -0.3 is 15.1 Å². The number of nitrogens with one attached hydrogen (secondary N) is 1. The second kappa shape index (κ2) is 6.53. The van der Waals surface area contributed by atoms with Crippen molar-refractivity contribution >= 4 is 5.91 Å². The lowest BCUT2D eigenvalue weighted by Crippen LogP contribution is -2.50. The fourth-order valence-electron chi connectivity index (χ4n) is 3.31. The average Bonchev–Trinajstić information content (AvgIpc) is 2.94. The Kier molecular flexibility index (Phi) is 5.01. The van der Waals surface area contributed by atoms with E-state index in [1.165, 1.54) is 0 Å². The molecule has 2 aliphatic rings. The number of rotatable bonds is 4. The number of carbonyl (C=O) groups excluding carboxylic acids is 1. The van der Waals surface area contributed by atoms with Crippen LogP contribution in [0.3, 0.4) is 0 Å². The second-order valence-electron chi connectivity index (χ2n) is 5.43. The molecule has 1 amide bonds. The molecule has 4 nitrogen and oxygen atoms in total. The molecule has 2 aliphatic heterocycles. The van der Waals surface area contributed by atoms with Gasteiger partial charge in [0.2, 0.25) is 5.91 Å². The first-order valence-corrected chi connectivity index (χ1v) is 7.52. The lowest BCUT2D eigenvalue weighted by molar-refractivity contribution is -0.134. The number of likely N-dealkylation sites (tertiary alicyclic amines) is 1. The van der Waals surface area contributed by atoms with Crippen molar-refractivity contribution in [3.63, 3.8) is 0 Å². The van der Waals surface area contributed by atoms with Crippen LogP contribution in [0.25, 0.3) is 0 Å². The van der Waals surface area contributed by atoms with Crippen molar-refractivity contribution in [3.05, 3.63) is 0 Å². The number of hydrogen-bond acceptors (Lipinski definition) is 3. The van der Waals surface area contributed by atoms with Crippen LogP contribution >= 0.6 is 0 Å². The van der Waals surface area contributed by atoms with E-state index in [4.69, 9.17) is 0 Å². The molecule has 104 valence electrons. The highest BCUT2D eigenvalue weighted by Gasteiger charge is 2.30. The Hall–Kier alpha value is -0.610. The number of hydrogen-bond donors (Lipinski definition) is 1. The largest absolute Gasteiger partial charge is 0.341 e. The van der Waals surface area contributed by atoms with Crippen molar-refractivity contribution in [2.75, 3.05) is 32.7 Å². The number of carbonyl (C=O) groups is 1. The van der Waals surface area contributed by atoms with Crippen molar-refractivity contribution in [2.45, 2.75) is 51.6 Å². The molecule has 0 saturated carbocycles. The van der Waals surface area contributed by atoms with E-state index in [-0.39, 0.29) is 6.04 Å². The van der Waals surface area contributed by atoms with Gasteiger partial charge in [-0.3, -0.25) is 4.79 Å². The third-order valence-electron chi connectivity index (χ3n) is 4.46. The van der Waals surface area contributed by atoms with Crippen molar-refractivity contribution < 1.29 is 4.79 Å². The smallest absolute Gasteiger partial charge is 0.239 e. The van der Waals surface area contributed by atoms with Crippen LogP contribution in [0.2, 0.25) is 0 Å². The molecule has 2 fully saturated rings. The molecule has 0 radical (unpaired) electrons. The fraction of sp³-hybridized carbons (Fsp3) is 0.929. The maximum Gasteiger partial charge on any atom is 0.239 e. The Morgan fingerprint density at radius 2 is 1.89 bits per heavy atom. The highest BCUT2D eigenvalue weighted by atomic mass is 16.2. The molecular formula is C14H27N3O. The van der Waals surface area contributed by atoms with Gasteiger partial charge in [-0.05, 0) is 45.3 Å². The first kappa shape index (κ1) is 13.8. The zero-order valence-corrected chi connectivity index (χ0v) is 11.8. The van der Waals surface area contributed by atoms with E-state index < -0.39 is 0 Å². The third kappa shape index (κ3) is 3.04. The zero-order valence-electron chi connectivity index (χ0n) is 11.8. The zero-order chi connectivity index (χ0) is 13.0. The molecule has 1 atom stereocenters. The van der Waals surface area contributed by atoms with E-state index in [0.29, 0.717) is 11.9 Å². The SMILES string of the molecule is CCN(CC)C1CCN(C(=O)C2CCCN2)CC1. The average molecular weight is 253 g/mol. The van der Waals surface area contributed by atoms with Gasteiger partial charge in [-0.15, -0.1) is 0 Å². The first-order valence-electron chi connectivity index (χ1n) is 7.52. The Morgan fingerprint density at radius 3 is 2.39 bits per heavy atom. The van der Waals surface area contributed by atoms with Crippen molar-refractivity contribution in [3.8, 4) is 0 Å². The summed E-state index contributed by atoms with van der Waals surface area (Å²) in [5.41, 5.74) is 0. The summed E-state index contributed by atoms with van der Waals surface area (Å²) in [4.78, 5) is 16.9. The summed E-state index contributed by atoms with van der Waals surface area (Å²) in [5, 5.41) is 3.31. The maximum atomic E-state index is 12.3. The van der Waals surface area contributed by atoms with Crippen molar-refractivity contribution in [2.24, 2.45) is 0 Å². The molecule has 0 aliphatic carbocycles. The molecule has 0 spiro atoms. The van der Waals surface area contributed by atoms with Gasteiger partial charge in [-0.2, -0.15) is 0 Å². The minimum absolute atomic E-state index is 0.106. The van der Waals surface area contributed by atoms with Gasteiger partial charge in [0.05, 0.1) is 6.04 Å². The van der Waals surface area contributed by atoms with E-state index in [1.54, 1.807) is 0 Å². The molecule has 4 heteroatoms. The molecule has 0 bridgehead atoms. The molecular weight excluding hydrogens is 226 g/mol. The van der Waals surface area contributed by atoms with Gasteiger partial charge in [0.25, 0.3) is 0 Å². The minimum Gasteiger partial charge on any atom is -0.341 e. The van der Waals surface area contributed by atoms with E-state index in [0.717, 1.165) is 58.4 Å². The molecule has 0 aromatic heterocycles. The topological polar surface area (TPSA) is 35.6 Å². The Morgan fingerprint density at radius 1 is 1.22 bits per heavy atom. The number of amides is 1. The Bertz CT molecular complexity index is 264. The van der Waals surface area contributed by atoms with Gasteiger partial charge >= 0.3 is 0 Å². The molecule has 1 unspecified atom stereocenters. The van der Waals surface area contributed by atoms with Crippen LogP contribution in [-0.2, 0) is 4.79 Å². The van der Waals surface area contributed by atoms with Crippen LogP contribution in [-0.4, -0.2) is 60.5 Å². The number of nitrogens with zero attached hydrogens (tertiary/aromatic N) is 2. The van der Waals surface area contributed by atoms with E-state index in [2.05, 4.69) is 29.0 Å². The van der Waals surface area contributed by atoms with Gasteiger partial charge in [0, 0.05) is 19.1 Å².